The molecule has 0 radical (unpaired) electrons. The van der Waals surface area contributed by atoms with Gasteiger partial charge in [-0.2, -0.15) is 5.10 Å². The van der Waals surface area contributed by atoms with Gasteiger partial charge in [0.1, 0.15) is 0 Å². The van der Waals surface area contributed by atoms with Crippen LogP contribution in [-0.2, 0) is 6.54 Å². The third-order valence-corrected chi connectivity index (χ3v) is 3.82. The molecule has 0 bridgehead atoms. The highest BCUT2D eigenvalue weighted by Gasteiger charge is 2.08. The number of hydrogen-bond acceptors (Lipinski definition) is 4. The first-order valence-corrected chi connectivity index (χ1v) is 8.04. The van der Waals surface area contributed by atoms with Crippen molar-refractivity contribution >= 4 is 11.9 Å². The average Bonchev–Trinajstić information content (AvgIpc) is 2.67. The molecule has 126 valence electrons. The molecule has 0 spiro atoms. The number of methoxy groups -OCH3 is 1. The first-order chi connectivity index (χ1) is 12.3. The molecule has 4 heteroatoms. The molecular formula is C21H20N2O2. The molecule has 0 amide bonds. The lowest BCUT2D eigenvalue weighted by atomic mass is 10.2. The Balaban J connectivity index is 1.90. The first kappa shape index (κ1) is 16.6. The predicted octanol–water partition coefficient (Wildman–Crippen LogP) is 4.44. The molecule has 1 N–H and O–H groups in total. The van der Waals surface area contributed by atoms with E-state index < -0.39 is 0 Å². The molecule has 3 rings (SSSR count). The van der Waals surface area contributed by atoms with Gasteiger partial charge in [0.2, 0.25) is 0 Å². The van der Waals surface area contributed by atoms with E-state index in [-0.39, 0.29) is 5.75 Å². The molecule has 0 heterocycles. The fraction of sp³-hybridized carbons (Fsp3) is 0.0952. The van der Waals surface area contributed by atoms with Crippen molar-refractivity contribution in [2.75, 3.05) is 12.1 Å². The highest BCUT2D eigenvalue weighted by atomic mass is 16.5. The zero-order valence-electron chi connectivity index (χ0n) is 14.0. The molecule has 0 aromatic heterocycles. The third-order valence-electron chi connectivity index (χ3n) is 3.82. The van der Waals surface area contributed by atoms with Crippen molar-refractivity contribution in [3.05, 3.63) is 90.0 Å². The minimum atomic E-state index is 0.0847. The number of nitrogens with zero attached hydrogens (tertiary/aromatic N) is 2. The maximum absolute atomic E-state index is 10.2. The lowest BCUT2D eigenvalue weighted by Crippen LogP contribution is -2.16. The maximum atomic E-state index is 10.2. The Morgan fingerprint density at radius 2 is 1.60 bits per heavy atom. The van der Waals surface area contributed by atoms with Gasteiger partial charge in [-0.3, -0.25) is 5.01 Å². The van der Waals surface area contributed by atoms with Gasteiger partial charge < -0.3 is 9.84 Å². The van der Waals surface area contributed by atoms with Crippen LogP contribution in [0, 0.1) is 0 Å². The topological polar surface area (TPSA) is 45.1 Å². The number of para-hydroxylation sites is 2. The molecule has 0 aliphatic heterocycles. The van der Waals surface area contributed by atoms with Crippen molar-refractivity contribution in [3.8, 4) is 11.5 Å². The van der Waals surface area contributed by atoms with E-state index in [2.05, 4.69) is 17.2 Å². The summed E-state index contributed by atoms with van der Waals surface area (Å²) in [5.74, 6) is 0.514. The number of phenols is 1. The third kappa shape index (κ3) is 4.18. The molecule has 0 unspecified atom stereocenters. The van der Waals surface area contributed by atoms with Gasteiger partial charge in [0, 0.05) is 5.56 Å². The summed E-state index contributed by atoms with van der Waals surface area (Å²) in [5.41, 5.74) is 2.73. The number of hydrazone groups is 1. The van der Waals surface area contributed by atoms with E-state index >= 15 is 0 Å². The Kier molecular flexibility index (Phi) is 5.32. The van der Waals surface area contributed by atoms with Crippen LogP contribution in [0.25, 0.3) is 0 Å². The molecule has 0 saturated carbocycles. The summed E-state index contributed by atoms with van der Waals surface area (Å²) in [6.45, 7) is 0.631. The van der Waals surface area contributed by atoms with Gasteiger partial charge in [-0.05, 0) is 29.8 Å². The van der Waals surface area contributed by atoms with Crippen molar-refractivity contribution in [1.29, 1.82) is 0 Å². The van der Waals surface area contributed by atoms with Crippen molar-refractivity contribution in [1.82, 2.24) is 0 Å². The van der Waals surface area contributed by atoms with Crippen LogP contribution in [-0.4, -0.2) is 18.4 Å². The summed E-state index contributed by atoms with van der Waals surface area (Å²) in [5, 5.41) is 16.7. The van der Waals surface area contributed by atoms with Gasteiger partial charge in [-0.15, -0.1) is 0 Å². The van der Waals surface area contributed by atoms with E-state index in [1.807, 2.05) is 59.6 Å². The van der Waals surface area contributed by atoms with Crippen molar-refractivity contribution in [2.24, 2.45) is 5.10 Å². The highest BCUT2D eigenvalue weighted by molar-refractivity contribution is 5.85. The largest absolute Gasteiger partial charge is 0.504 e. The molecule has 4 nitrogen and oxygen atoms in total. The molecule has 25 heavy (non-hydrogen) atoms. The quantitative estimate of drug-likeness (QED) is 0.536. The second-order valence-corrected chi connectivity index (χ2v) is 5.52. The normalized spacial score (nSPS) is 10.8. The smallest absolute Gasteiger partial charge is 0.166 e. The molecule has 3 aromatic rings. The Bertz CT molecular complexity index is 833. The maximum Gasteiger partial charge on any atom is 0.166 e. The summed E-state index contributed by atoms with van der Waals surface area (Å²) in [6.07, 6.45) is 1.65. The standard InChI is InChI=1S/C21H20N2O2/c1-25-20-14-8-11-18(21(20)24)15-22-23(19-12-6-3-7-13-19)16-17-9-4-2-5-10-17/h2-15,24H,16H2,1H3/b22-15-. The van der Waals surface area contributed by atoms with E-state index in [9.17, 15) is 5.11 Å². The SMILES string of the molecule is COc1cccc(/C=N\N(Cc2ccccc2)c2ccccc2)c1O. The van der Waals surface area contributed by atoms with E-state index in [0.29, 0.717) is 17.9 Å². The second kappa shape index (κ2) is 8.02. The minimum absolute atomic E-state index is 0.0847. The average molecular weight is 332 g/mol. The number of anilines is 1. The summed E-state index contributed by atoms with van der Waals surface area (Å²) in [7, 11) is 1.53. The van der Waals surface area contributed by atoms with Crippen LogP contribution in [0.1, 0.15) is 11.1 Å². The van der Waals surface area contributed by atoms with E-state index in [4.69, 9.17) is 4.74 Å². The zero-order valence-corrected chi connectivity index (χ0v) is 14.0. The number of rotatable bonds is 6. The van der Waals surface area contributed by atoms with Crippen LogP contribution in [0.5, 0.6) is 11.5 Å². The molecule has 0 fully saturated rings. The lowest BCUT2D eigenvalue weighted by Gasteiger charge is -2.19. The van der Waals surface area contributed by atoms with Crippen molar-refractivity contribution in [2.45, 2.75) is 6.54 Å². The molecule has 3 aromatic carbocycles. The number of ether oxygens (including phenoxy) is 1. The Morgan fingerprint density at radius 1 is 0.920 bits per heavy atom. The molecular weight excluding hydrogens is 312 g/mol. The monoisotopic (exact) mass is 332 g/mol. The van der Waals surface area contributed by atoms with Gasteiger partial charge in [-0.25, -0.2) is 0 Å². The van der Waals surface area contributed by atoms with Crippen LogP contribution in [0.4, 0.5) is 5.69 Å². The first-order valence-electron chi connectivity index (χ1n) is 8.04. The number of aromatic hydroxyl groups is 1. The molecule has 0 saturated heterocycles. The van der Waals surface area contributed by atoms with Crippen LogP contribution >= 0.6 is 0 Å². The van der Waals surface area contributed by atoms with E-state index in [0.717, 1.165) is 11.3 Å². The van der Waals surface area contributed by atoms with Crippen LogP contribution in [0.3, 0.4) is 0 Å². The fourth-order valence-electron chi connectivity index (χ4n) is 2.50. The van der Waals surface area contributed by atoms with Crippen LogP contribution in [0.2, 0.25) is 0 Å². The van der Waals surface area contributed by atoms with Crippen molar-refractivity contribution in [3.63, 3.8) is 0 Å². The zero-order chi connectivity index (χ0) is 17.5. The fourth-order valence-corrected chi connectivity index (χ4v) is 2.50. The number of hydrogen-bond donors (Lipinski definition) is 1. The van der Waals surface area contributed by atoms with Crippen LogP contribution in [0.15, 0.2) is 84.0 Å². The number of benzene rings is 3. The van der Waals surface area contributed by atoms with E-state index in [1.54, 1.807) is 18.3 Å². The molecule has 0 aliphatic carbocycles. The summed E-state index contributed by atoms with van der Waals surface area (Å²) in [4.78, 5) is 0. The summed E-state index contributed by atoms with van der Waals surface area (Å²) >= 11 is 0. The summed E-state index contributed by atoms with van der Waals surface area (Å²) in [6, 6.07) is 25.4. The second-order valence-electron chi connectivity index (χ2n) is 5.52. The highest BCUT2D eigenvalue weighted by Crippen LogP contribution is 2.28. The Labute approximate surface area is 147 Å². The van der Waals surface area contributed by atoms with Crippen LogP contribution < -0.4 is 9.75 Å². The van der Waals surface area contributed by atoms with Gasteiger partial charge in [0.15, 0.2) is 11.5 Å². The Hall–Kier alpha value is -3.27. The van der Waals surface area contributed by atoms with Crippen molar-refractivity contribution < 1.29 is 9.84 Å². The summed E-state index contributed by atoms with van der Waals surface area (Å²) < 4.78 is 5.15. The van der Waals surface area contributed by atoms with Gasteiger partial charge >= 0.3 is 0 Å². The lowest BCUT2D eigenvalue weighted by molar-refractivity contribution is 0.373. The number of phenolic OH excluding ortho intramolecular Hbond substituents is 1. The van der Waals surface area contributed by atoms with E-state index in [1.165, 1.54) is 7.11 Å². The van der Waals surface area contributed by atoms with Gasteiger partial charge in [-0.1, -0.05) is 54.6 Å². The molecule has 0 aliphatic rings. The van der Waals surface area contributed by atoms with Gasteiger partial charge in [0.05, 0.1) is 25.6 Å². The predicted molar refractivity (Wildman–Crippen MR) is 101 cm³/mol. The molecule has 0 atom stereocenters. The van der Waals surface area contributed by atoms with Gasteiger partial charge in [0.25, 0.3) is 0 Å². The minimum Gasteiger partial charge on any atom is -0.504 e. The Morgan fingerprint density at radius 3 is 2.28 bits per heavy atom.